The minimum absolute atomic E-state index is 0.0225. The minimum Gasteiger partial charge on any atom is -0.407 e. The summed E-state index contributed by atoms with van der Waals surface area (Å²) in [5.41, 5.74) is 2.29. The standard InChI is InChI=1S/C20H21N3O4S/c1-3-14-9-11-15(12-10-14)13-18-22-23-20(27-18)21-19(24)16-7-5-6-8-17(16)28(25,26)4-2/h5-12H,3-4,13H2,1-2H3,(H,21,23,24). The molecule has 0 saturated heterocycles. The Kier molecular flexibility index (Phi) is 5.89. The van der Waals surface area contributed by atoms with E-state index < -0.39 is 15.7 Å². The van der Waals surface area contributed by atoms with Crippen LogP contribution in [0.25, 0.3) is 0 Å². The predicted molar refractivity (Wildman–Crippen MR) is 105 cm³/mol. The van der Waals surface area contributed by atoms with Crippen LogP contribution in [0.3, 0.4) is 0 Å². The monoisotopic (exact) mass is 399 g/mol. The molecule has 0 radical (unpaired) electrons. The molecule has 0 unspecified atom stereocenters. The zero-order chi connectivity index (χ0) is 20.1. The van der Waals surface area contributed by atoms with Gasteiger partial charge in [-0.3, -0.25) is 10.1 Å². The third kappa shape index (κ3) is 4.45. The largest absolute Gasteiger partial charge is 0.407 e. The van der Waals surface area contributed by atoms with Crippen molar-refractivity contribution >= 4 is 21.8 Å². The molecular formula is C20H21N3O4S. The van der Waals surface area contributed by atoms with Crippen molar-refractivity contribution in [3.8, 4) is 0 Å². The van der Waals surface area contributed by atoms with Crippen molar-refractivity contribution in [2.24, 2.45) is 0 Å². The first-order valence-electron chi connectivity index (χ1n) is 8.96. The van der Waals surface area contributed by atoms with Crippen LogP contribution in [0.4, 0.5) is 6.01 Å². The molecule has 1 aromatic heterocycles. The second kappa shape index (κ2) is 8.35. The number of rotatable bonds is 7. The number of nitrogens with one attached hydrogen (secondary N) is 1. The molecule has 0 bridgehead atoms. The third-order valence-electron chi connectivity index (χ3n) is 4.32. The molecule has 28 heavy (non-hydrogen) atoms. The van der Waals surface area contributed by atoms with E-state index in [1.54, 1.807) is 12.1 Å². The number of aryl methyl sites for hydroxylation is 1. The van der Waals surface area contributed by atoms with Crippen molar-refractivity contribution in [2.75, 3.05) is 11.1 Å². The lowest BCUT2D eigenvalue weighted by atomic mass is 10.1. The van der Waals surface area contributed by atoms with Crippen LogP contribution in [-0.4, -0.2) is 30.3 Å². The van der Waals surface area contributed by atoms with Gasteiger partial charge in [-0.2, -0.15) is 0 Å². The van der Waals surface area contributed by atoms with Crippen LogP contribution in [0.15, 0.2) is 57.8 Å². The van der Waals surface area contributed by atoms with Gasteiger partial charge in [-0.1, -0.05) is 55.3 Å². The number of carbonyl (C=O) groups is 1. The number of amides is 1. The maximum Gasteiger partial charge on any atom is 0.322 e. The van der Waals surface area contributed by atoms with Crippen molar-refractivity contribution < 1.29 is 17.6 Å². The second-order valence-electron chi connectivity index (χ2n) is 6.20. The first-order chi connectivity index (χ1) is 13.4. The minimum atomic E-state index is -3.53. The molecule has 0 atom stereocenters. The summed E-state index contributed by atoms with van der Waals surface area (Å²) < 4.78 is 29.9. The average molecular weight is 399 g/mol. The van der Waals surface area contributed by atoms with Crippen molar-refractivity contribution in [1.82, 2.24) is 10.2 Å². The van der Waals surface area contributed by atoms with Gasteiger partial charge in [0.05, 0.1) is 22.6 Å². The quantitative estimate of drug-likeness (QED) is 0.654. The van der Waals surface area contributed by atoms with Gasteiger partial charge in [-0.05, 0) is 29.7 Å². The summed E-state index contributed by atoms with van der Waals surface area (Å²) in [5.74, 6) is -0.358. The van der Waals surface area contributed by atoms with Gasteiger partial charge in [-0.25, -0.2) is 8.42 Å². The summed E-state index contributed by atoms with van der Waals surface area (Å²) in [4.78, 5) is 12.5. The number of carbonyl (C=O) groups excluding carboxylic acids is 1. The fraction of sp³-hybridized carbons (Fsp3) is 0.250. The first kappa shape index (κ1) is 19.8. The highest BCUT2D eigenvalue weighted by Crippen LogP contribution is 2.19. The maximum atomic E-state index is 12.5. The van der Waals surface area contributed by atoms with Gasteiger partial charge in [0, 0.05) is 0 Å². The van der Waals surface area contributed by atoms with Crippen molar-refractivity contribution in [1.29, 1.82) is 0 Å². The molecular weight excluding hydrogens is 378 g/mol. The van der Waals surface area contributed by atoms with E-state index in [4.69, 9.17) is 4.42 Å². The Morgan fingerprint density at radius 2 is 1.68 bits per heavy atom. The highest BCUT2D eigenvalue weighted by atomic mass is 32.2. The zero-order valence-corrected chi connectivity index (χ0v) is 16.5. The molecule has 0 fully saturated rings. The number of anilines is 1. The van der Waals surface area contributed by atoms with Gasteiger partial charge in [0.2, 0.25) is 5.89 Å². The lowest BCUT2D eigenvalue weighted by Gasteiger charge is -2.07. The number of aromatic nitrogens is 2. The van der Waals surface area contributed by atoms with Gasteiger partial charge in [0.1, 0.15) is 0 Å². The highest BCUT2D eigenvalue weighted by Gasteiger charge is 2.21. The van der Waals surface area contributed by atoms with Crippen molar-refractivity contribution in [3.63, 3.8) is 0 Å². The molecule has 3 rings (SSSR count). The molecule has 0 spiro atoms. The molecule has 3 aromatic rings. The zero-order valence-electron chi connectivity index (χ0n) is 15.7. The topological polar surface area (TPSA) is 102 Å². The Labute approximate surface area is 163 Å². The van der Waals surface area contributed by atoms with Gasteiger partial charge in [-0.15, -0.1) is 5.10 Å². The Hall–Kier alpha value is -3.00. The Morgan fingerprint density at radius 3 is 2.36 bits per heavy atom. The SMILES string of the molecule is CCc1ccc(Cc2nnc(NC(=O)c3ccccc3S(=O)(=O)CC)o2)cc1. The van der Waals surface area contributed by atoms with Gasteiger partial charge >= 0.3 is 6.01 Å². The van der Waals surface area contributed by atoms with Crippen molar-refractivity contribution in [2.45, 2.75) is 31.6 Å². The van der Waals surface area contributed by atoms with E-state index in [1.165, 1.54) is 24.6 Å². The van der Waals surface area contributed by atoms with Gasteiger partial charge < -0.3 is 4.42 Å². The molecule has 0 aliphatic heterocycles. The summed E-state index contributed by atoms with van der Waals surface area (Å²) in [5, 5.41) is 10.2. The molecule has 2 aromatic carbocycles. The van der Waals surface area contributed by atoms with Crippen LogP contribution in [0.2, 0.25) is 0 Å². The number of hydrogen-bond donors (Lipinski definition) is 1. The number of sulfone groups is 1. The first-order valence-corrected chi connectivity index (χ1v) is 10.6. The summed E-state index contributed by atoms with van der Waals surface area (Å²) in [6.45, 7) is 3.62. The van der Waals surface area contributed by atoms with Crippen LogP contribution in [0.1, 0.15) is 41.2 Å². The van der Waals surface area contributed by atoms with Crippen LogP contribution in [-0.2, 0) is 22.7 Å². The lowest BCUT2D eigenvalue weighted by molar-refractivity contribution is 0.102. The Bertz CT molecular complexity index is 1070. The molecule has 1 amide bonds. The third-order valence-corrected chi connectivity index (χ3v) is 6.11. The number of hydrogen-bond acceptors (Lipinski definition) is 6. The average Bonchev–Trinajstić information content (AvgIpc) is 3.15. The van der Waals surface area contributed by atoms with Crippen LogP contribution in [0, 0.1) is 0 Å². The summed E-state index contributed by atoms with van der Waals surface area (Å²) in [6.07, 6.45) is 1.40. The van der Waals surface area contributed by atoms with E-state index >= 15 is 0 Å². The van der Waals surface area contributed by atoms with Gasteiger partial charge in [0.25, 0.3) is 5.91 Å². The van der Waals surface area contributed by atoms with E-state index in [2.05, 4.69) is 22.4 Å². The molecule has 146 valence electrons. The molecule has 0 aliphatic carbocycles. The van der Waals surface area contributed by atoms with Gasteiger partial charge in [0.15, 0.2) is 9.84 Å². The molecule has 1 heterocycles. The lowest BCUT2D eigenvalue weighted by Crippen LogP contribution is -2.17. The Balaban J connectivity index is 1.74. The molecule has 0 saturated carbocycles. The fourth-order valence-corrected chi connectivity index (χ4v) is 3.78. The van der Waals surface area contributed by atoms with E-state index in [9.17, 15) is 13.2 Å². The van der Waals surface area contributed by atoms with E-state index in [1.807, 2.05) is 24.3 Å². The molecule has 7 nitrogen and oxygen atoms in total. The van der Waals surface area contributed by atoms with E-state index in [-0.39, 0.29) is 22.2 Å². The van der Waals surface area contributed by atoms with Crippen LogP contribution < -0.4 is 5.32 Å². The maximum absolute atomic E-state index is 12.5. The van der Waals surface area contributed by atoms with E-state index in [0.717, 1.165) is 12.0 Å². The Morgan fingerprint density at radius 1 is 1.00 bits per heavy atom. The summed E-state index contributed by atoms with van der Waals surface area (Å²) >= 11 is 0. The second-order valence-corrected chi connectivity index (χ2v) is 8.45. The smallest absolute Gasteiger partial charge is 0.322 e. The molecule has 0 aliphatic rings. The number of nitrogens with zero attached hydrogens (tertiary/aromatic N) is 2. The van der Waals surface area contributed by atoms with E-state index in [0.29, 0.717) is 12.3 Å². The fourth-order valence-electron chi connectivity index (χ4n) is 2.69. The van der Waals surface area contributed by atoms with Crippen LogP contribution in [0.5, 0.6) is 0 Å². The number of benzene rings is 2. The molecule has 1 N–H and O–H groups in total. The normalized spacial score (nSPS) is 11.4. The molecule has 8 heteroatoms. The van der Waals surface area contributed by atoms with Crippen molar-refractivity contribution in [3.05, 3.63) is 71.1 Å². The highest BCUT2D eigenvalue weighted by molar-refractivity contribution is 7.91. The summed E-state index contributed by atoms with van der Waals surface area (Å²) in [6, 6.07) is 14.0. The summed E-state index contributed by atoms with van der Waals surface area (Å²) in [7, 11) is -3.53. The predicted octanol–water partition coefficient (Wildman–Crippen LogP) is 3.27. The van der Waals surface area contributed by atoms with Crippen LogP contribution >= 0.6 is 0 Å².